The Kier molecular flexibility index (Phi) is 4.38. The summed E-state index contributed by atoms with van der Waals surface area (Å²) in [7, 11) is 0. The van der Waals surface area contributed by atoms with Gasteiger partial charge in [0.1, 0.15) is 6.33 Å². The van der Waals surface area contributed by atoms with E-state index in [0.29, 0.717) is 0 Å². The van der Waals surface area contributed by atoms with Gasteiger partial charge in [0.15, 0.2) is 0 Å². The van der Waals surface area contributed by atoms with Crippen LogP contribution in [0.3, 0.4) is 0 Å². The predicted molar refractivity (Wildman–Crippen MR) is 80.1 cm³/mol. The van der Waals surface area contributed by atoms with Crippen molar-refractivity contribution in [2.45, 2.75) is 32.2 Å². The molecule has 7 nitrogen and oxygen atoms in total. The van der Waals surface area contributed by atoms with E-state index in [1.807, 2.05) is 4.90 Å². The Morgan fingerprint density at radius 2 is 1.86 bits per heavy atom. The normalized spacial score (nSPS) is 22.3. The summed E-state index contributed by atoms with van der Waals surface area (Å²) in [5, 5.41) is 6.75. The first-order valence-corrected chi connectivity index (χ1v) is 7.89. The van der Waals surface area contributed by atoms with E-state index < -0.39 is 0 Å². The first-order chi connectivity index (χ1) is 10.3. The maximum atomic E-state index is 12.6. The lowest BCUT2D eigenvalue weighted by Gasteiger charge is -2.38. The van der Waals surface area contributed by atoms with Gasteiger partial charge in [-0.2, -0.15) is 10.1 Å². The van der Waals surface area contributed by atoms with Crippen LogP contribution in [0.5, 0.6) is 0 Å². The highest BCUT2D eigenvalue weighted by Crippen LogP contribution is 2.15. The van der Waals surface area contributed by atoms with Crippen LogP contribution in [0.4, 0.5) is 5.95 Å². The van der Waals surface area contributed by atoms with E-state index in [9.17, 15) is 4.79 Å². The van der Waals surface area contributed by atoms with Crippen molar-refractivity contribution in [3.05, 3.63) is 6.33 Å². The molecule has 0 saturated carbocycles. The molecule has 1 atom stereocenters. The maximum absolute atomic E-state index is 12.6. The number of likely N-dealkylation sites (tertiary alicyclic amines) is 1. The molecule has 1 aromatic rings. The second kappa shape index (κ2) is 6.43. The second-order valence-electron chi connectivity index (χ2n) is 5.89. The third kappa shape index (κ3) is 3.18. The molecule has 2 aliphatic rings. The molecular formula is C14H24N6O. The number of piperazine rings is 1. The third-order valence-corrected chi connectivity index (χ3v) is 4.59. The lowest BCUT2D eigenvalue weighted by atomic mass is 10.1. The van der Waals surface area contributed by atoms with E-state index in [4.69, 9.17) is 0 Å². The van der Waals surface area contributed by atoms with Gasteiger partial charge in [-0.1, -0.05) is 6.42 Å². The highest BCUT2D eigenvalue weighted by atomic mass is 16.2. The van der Waals surface area contributed by atoms with Crippen LogP contribution in [0.1, 0.15) is 26.2 Å². The second-order valence-corrected chi connectivity index (χ2v) is 5.89. The largest absolute Gasteiger partial charge is 0.338 e. The molecular weight excluding hydrogens is 268 g/mol. The number of nitrogens with zero attached hydrogens (tertiary/aromatic N) is 5. The van der Waals surface area contributed by atoms with Crippen molar-refractivity contribution < 1.29 is 4.79 Å². The van der Waals surface area contributed by atoms with Gasteiger partial charge in [-0.15, -0.1) is 0 Å². The monoisotopic (exact) mass is 292 g/mol. The number of anilines is 1. The van der Waals surface area contributed by atoms with Gasteiger partial charge >= 0.3 is 0 Å². The Balaban J connectivity index is 1.52. The molecule has 1 N–H and O–H groups in total. The van der Waals surface area contributed by atoms with Crippen molar-refractivity contribution in [1.82, 2.24) is 25.0 Å². The molecule has 3 rings (SSSR count). The van der Waals surface area contributed by atoms with Crippen molar-refractivity contribution in [3.8, 4) is 0 Å². The van der Waals surface area contributed by atoms with E-state index in [0.717, 1.165) is 45.2 Å². The van der Waals surface area contributed by atoms with Crippen molar-refractivity contribution >= 4 is 11.9 Å². The molecule has 21 heavy (non-hydrogen) atoms. The third-order valence-electron chi connectivity index (χ3n) is 4.59. The minimum atomic E-state index is 0.0159. The van der Waals surface area contributed by atoms with E-state index in [-0.39, 0.29) is 11.9 Å². The summed E-state index contributed by atoms with van der Waals surface area (Å²) in [6.45, 7) is 7.32. The van der Waals surface area contributed by atoms with Crippen molar-refractivity contribution in [1.29, 1.82) is 0 Å². The van der Waals surface area contributed by atoms with Gasteiger partial charge in [-0.05, 0) is 32.9 Å². The van der Waals surface area contributed by atoms with Gasteiger partial charge < -0.3 is 9.80 Å². The van der Waals surface area contributed by atoms with Crippen molar-refractivity contribution in [2.24, 2.45) is 0 Å². The van der Waals surface area contributed by atoms with Crippen LogP contribution >= 0.6 is 0 Å². The first kappa shape index (κ1) is 14.3. The lowest BCUT2D eigenvalue weighted by molar-refractivity contribution is -0.137. The molecule has 0 aromatic carbocycles. The maximum Gasteiger partial charge on any atom is 0.239 e. The molecule has 0 aliphatic carbocycles. The average molecular weight is 292 g/mol. The van der Waals surface area contributed by atoms with E-state index in [2.05, 4.69) is 31.9 Å². The molecule has 2 fully saturated rings. The van der Waals surface area contributed by atoms with Gasteiger partial charge in [-0.3, -0.25) is 9.69 Å². The Labute approximate surface area is 125 Å². The fraction of sp³-hybridized carbons (Fsp3) is 0.786. The quantitative estimate of drug-likeness (QED) is 0.869. The first-order valence-electron chi connectivity index (χ1n) is 7.89. The number of aromatic amines is 1. The number of carbonyl (C=O) groups excluding carboxylic acids is 1. The number of rotatable bonds is 3. The molecule has 1 amide bonds. The van der Waals surface area contributed by atoms with Crippen molar-refractivity contribution in [3.63, 3.8) is 0 Å². The number of nitrogens with one attached hydrogen (secondary N) is 1. The number of carbonyl (C=O) groups is 1. The fourth-order valence-corrected chi connectivity index (χ4v) is 3.22. The topological polar surface area (TPSA) is 68.4 Å². The molecule has 1 aromatic heterocycles. The van der Waals surface area contributed by atoms with E-state index >= 15 is 0 Å². The summed E-state index contributed by atoms with van der Waals surface area (Å²) in [6.07, 6.45) is 5.26. The van der Waals surface area contributed by atoms with Crippen LogP contribution in [0.15, 0.2) is 6.33 Å². The summed E-state index contributed by atoms with van der Waals surface area (Å²) in [6, 6.07) is 0.0159. The van der Waals surface area contributed by atoms with Gasteiger partial charge in [0.2, 0.25) is 11.9 Å². The van der Waals surface area contributed by atoms with Crippen LogP contribution in [-0.2, 0) is 4.79 Å². The Hall–Kier alpha value is -1.63. The van der Waals surface area contributed by atoms with Crippen LogP contribution in [-0.4, -0.2) is 76.2 Å². The standard InChI is InChI=1S/C14H24N6O/c1-12(18-5-3-2-4-6-18)13(21)19-7-9-20(10-8-19)14-15-11-16-17-14/h11-12H,2-10H2,1H3,(H,15,16,17)/t12-/m1/s1. The van der Waals surface area contributed by atoms with Crippen molar-refractivity contribution in [2.75, 3.05) is 44.2 Å². The van der Waals surface area contributed by atoms with E-state index in [1.165, 1.54) is 25.6 Å². The fourth-order valence-electron chi connectivity index (χ4n) is 3.22. The smallest absolute Gasteiger partial charge is 0.239 e. The van der Waals surface area contributed by atoms with E-state index in [1.54, 1.807) is 0 Å². The number of aromatic nitrogens is 3. The number of hydrogen-bond donors (Lipinski definition) is 1. The Morgan fingerprint density at radius 1 is 1.14 bits per heavy atom. The van der Waals surface area contributed by atoms with Crippen LogP contribution in [0.25, 0.3) is 0 Å². The zero-order valence-corrected chi connectivity index (χ0v) is 12.7. The minimum absolute atomic E-state index is 0.0159. The minimum Gasteiger partial charge on any atom is -0.338 e. The predicted octanol–water partition coefficient (Wildman–Crippen LogP) is 0.328. The molecule has 0 spiro atoms. The summed E-state index contributed by atoms with van der Waals surface area (Å²) < 4.78 is 0. The van der Waals surface area contributed by atoms with Gasteiger partial charge in [0.05, 0.1) is 6.04 Å². The van der Waals surface area contributed by atoms with Gasteiger partial charge in [-0.25, -0.2) is 5.10 Å². The molecule has 3 heterocycles. The molecule has 116 valence electrons. The van der Waals surface area contributed by atoms with Crippen LogP contribution in [0.2, 0.25) is 0 Å². The number of H-pyrrole nitrogens is 1. The highest BCUT2D eigenvalue weighted by molar-refractivity contribution is 5.81. The summed E-state index contributed by atoms with van der Waals surface area (Å²) >= 11 is 0. The average Bonchev–Trinajstić information content (AvgIpc) is 3.09. The van der Waals surface area contributed by atoms with Crippen LogP contribution < -0.4 is 4.90 Å². The zero-order valence-electron chi connectivity index (χ0n) is 12.7. The lowest BCUT2D eigenvalue weighted by Crippen LogP contribution is -2.55. The molecule has 2 saturated heterocycles. The molecule has 7 heteroatoms. The Bertz CT molecular complexity index is 448. The zero-order chi connectivity index (χ0) is 14.7. The molecule has 0 bridgehead atoms. The summed E-state index contributed by atoms with van der Waals surface area (Å²) in [4.78, 5) is 23.2. The summed E-state index contributed by atoms with van der Waals surface area (Å²) in [5.41, 5.74) is 0. The number of amides is 1. The number of hydrogen-bond acceptors (Lipinski definition) is 5. The SMILES string of the molecule is C[C@H](C(=O)N1CCN(c2ncn[nH]2)CC1)N1CCCCC1. The van der Waals surface area contributed by atoms with Gasteiger partial charge in [0, 0.05) is 26.2 Å². The molecule has 0 radical (unpaired) electrons. The highest BCUT2D eigenvalue weighted by Gasteiger charge is 2.29. The Morgan fingerprint density at radius 3 is 2.48 bits per heavy atom. The molecule has 0 unspecified atom stereocenters. The molecule has 2 aliphatic heterocycles. The van der Waals surface area contributed by atoms with Gasteiger partial charge in [0.25, 0.3) is 0 Å². The summed E-state index contributed by atoms with van der Waals surface area (Å²) in [5.74, 6) is 1.07. The van der Waals surface area contributed by atoms with Crippen LogP contribution in [0, 0.1) is 0 Å². The number of piperidine rings is 1.